The van der Waals surface area contributed by atoms with Crippen LogP contribution in [-0.2, 0) is 4.79 Å². The highest BCUT2D eigenvalue weighted by Gasteiger charge is 1.96. The second-order valence-corrected chi connectivity index (χ2v) is 3.59. The molecule has 1 aromatic rings. The smallest absolute Gasteiger partial charge is 0.328 e. The molecule has 0 aliphatic carbocycles. The molecule has 0 fully saturated rings. The minimum Gasteiger partial charge on any atom is -0.478 e. The Bertz CT molecular complexity index is 424. The van der Waals surface area contributed by atoms with Crippen molar-refractivity contribution in [1.29, 1.82) is 5.26 Å². The van der Waals surface area contributed by atoms with Gasteiger partial charge in [-0.15, -0.1) is 11.8 Å². The molecule has 1 N–H and O–H groups in total. The minimum atomic E-state index is -0.964. The van der Waals surface area contributed by atoms with Gasteiger partial charge in [-0.25, -0.2) is 9.78 Å². The molecule has 1 heterocycles. The van der Waals surface area contributed by atoms with Crippen molar-refractivity contribution >= 4 is 17.7 Å². The molecule has 0 saturated heterocycles. The molecule has 0 aromatic carbocycles. The highest BCUT2D eigenvalue weighted by Crippen LogP contribution is 2.15. The zero-order chi connectivity index (χ0) is 11.1. The molecule has 1 rings (SSSR count). The van der Waals surface area contributed by atoms with Gasteiger partial charge in [-0.3, -0.25) is 0 Å². The van der Waals surface area contributed by atoms with E-state index in [0.717, 1.165) is 6.08 Å². The van der Waals surface area contributed by atoms with Crippen LogP contribution < -0.4 is 0 Å². The Hall–Kier alpha value is -1.80. The molecule has 0 spiro atoms. The maximum absolute atomic E-state index is 10.2. The zero-order valence-corrected chi connectivity index (χ0v) is 8.57. The summed E-state index contributed by atoms with van der Waals surface area (Å²) in [6.45, 7) is 0. The molecule has 76 valence electrons. The Kier molecular flexibility index (Phi) is 4.38. The zero-order valence-electron chi connectivity index (χ0n) is 7.75. The van der Waals surface area contributed by atoms with Crippen molar-refractivity contribution in [1.82, 2.24) is 4.98 Å². The van der Waals surface area contributed by atoms with E-state index in [1.807, 2.05) is 6.07 Å². The molecule has 15 heavy (non-hydrogen) atoms. The van der Waals surface area contributed by atoms with Crippen molar-refractivity contribution in [3.63, 3.8) is 0 Å². The molecule has 0 amide bonds. The average molecular weight is 220 g/mol. The van der Waals surface area contributed by atoms with Gasteiger partial charge in [0.25, 0.3) is 0 Å². The normalized spacial score (nSPS) is 10.1. The first-order chi connectivity index (χ1) is 7.22. The fourth-order valence-corrected chi connectivity index (χ4v) is 1.55. The van der Waals surface area contributed by atoms with E-state index in [9.17, 15) is 4.79 Å². The molecule has 0 atom stereocenters. The number of hydrogen-bond donors (Lipinski definition) is 1. The minimum absolute atomic E-state index is 0.522. The number of hydrogen-bond acceptors (Lipinski definition) is 4. The van der Waals surface area contributed by atoms with Gasteiger partial charge in [0.2, 0.25) is 0 Å². The summed E-state index contributed by atoms with van der Waals surface area (Å²) in [5.41, 5.74) is 0.551. The number of thioether (sulfide) groups is 1. The number of aromatic nitrogens is 1. The van der Waals surface area contributed by atoms with E-state index >= 15 is 0 Å². The lowest BCUT2D eigenvalue weighted by atomic mass is 10.3. The molecule has 0 bridgehead atoms. The summed E-state index contributed by atoms with van der Waals surface area (Å²) in [5.74, 6) is -0.442. The number of nitrogens with zero attached hydrogens (tertiary/aromatic N) is 2. The third kappa shape index (κ3) is 4.29. The highest BCUT2D eigenvalue weighted by atomic mass is 32.2. The number of nitriles is 1. The number of aliphatic carboxylic acids is 1. The molecule has 0 aliphatic rings. The van der Waals surface area contributed by atoms with E-state index in [1.165, 1.54) is 17.8 Å². The topological polar surface area (TPSA) is 74.0 Å². The maximum atomic E-state index is 10.2. The number of carboxylic acid groups (broad SMARTS) is 1. The summed E-state index contributed by atoms with van der Waals surface area (Å²) in [5, 5.41) is 17.7. The third-order valence-electron chi connectivity index (χ3n) is 1.45. The second kappa shape index (κ2) is 5.83. The fourth-order valence-electron chi connectivity index (χ4n) is 0.840. The first-order valence-electron chi connectivity index (χ1n) is 4.11. The third-order valence-corrected chi connectivity index (χ3v) is 2.33. The van der Waals surface area contributed by atoms with E-state index in [0.29, 0.717) is 16.3 Å². The number of rotatable bonds is 4. The van der Waals surface area contributed by atoms with Crippen LogP contribution in [-0.4, -0.2) is 21.8 Å². The molecule has 0 unspecified atom stereocenters. The van der Waals surface area contributed by atoms with Gasteiger partial charge in [-0.2, -0.15) is 5.26 Å². The molecule has 0 radical (unpaired) electrons. The van der Waals surface area contributed by atoms with Gasteiger partial charge in [0.05, 0.1) is 16.7 Å². The first kappa shape index (κ1) is 11.3. The van der Waals surface area contributed by atoms with Crippen molar-refractivity contribution in [3.8, 4) is 6.07 Å². The van der Waals surface area contributed by atoms with Gasteiger partial charge in [-0.05, 0) is 12.1 Å². The number of carboxylic acids is 1. The van der Waals surface area contributed by atoms with Crippen molar-refractivity contribution in [2.75, 3.05) is 5.75 Å². The predicted octanol–water partition coefficient (Wildman–Crippen LogP) is 1.69. The Labute approximate surface area is 91.3 Å². The molecule has 5 heteroatoms. The van der Waals surface area contributed by atoms with Crippen LogP contribution in [0, 0.1) is 11.3 Å². The van der Waals surface area contributed by atoms with Gasteiger partial charge in [-0.1, -0.05) is 6.08 Å². The average Bonchev–Trinajstić information content (AvgIpc) is 2.24. The summed E-state index contributed by atoms with van der Waals surface area (Å²) >= 11 is 1.38. The SMILES string of the molecule is N#Cc1ccnc(SC/C=C/C(=O)O)c1. The van der Waals surface area contributed by atoms with Gasteiger partial charge < -0.3 is 5.11 Å². The van der Waals surface area contributed by atoms with Crippen LogP contribution in [0.4, 0.5) is 0 Å². The van der Waals surface area contributed by atoms with Gasteiger partial charge in [0.15, 0.2) is 0 Å². The number of pyridine rings is 1. The van der Waals surface area contributed by atoms with E-state index in [-0.39, 0.29) is 0 Å². The van der Waals surface area contributed by atoms with E-state index in [2.05, 4.69) is 4.98 Å². The summed E-state index contributed by atoms with van der Waals surface area (Å²) in [6, 6.07) is 5.30. The standard InChI is InChI=1S/C10H8N2O2S/c11-7-8-3-4-12-9(6-8)15-5-1-2-10(13)14/h1-4,6H,5H2,(H,13,14)/b2-1+. The van der Waals surface area contributed by atoms with Crippen molar-refractivity contribution < 1.29 is 9.90 Å². The molecule has 1 aromatic heterocycles. The molecule has 4 nitrogen and oxygen atoms in total. The van der Waals surface area contributed by atoms with Gasteiger partial charge in [0, 0.05) is 18.0 Å². The highest BCUT2D eigenvalue weighted by molar-refractivity contribution is 7.99. The molecular formula is C10H8N2O2S. The lowest BCUT2D eigenvalue weighted by Gasteiger charge is -1.96. The van der Waals surface area contributed by atoms with Crippen LogP contribution in [0.2, 0.25) is 0 Å². The van der Waals surface area contributed by atoms with Crippen LogP contribution in [0.25, 0.3) is 0 Å². The van der Waals surface area contributed by atoms with Crippen molar-refractivity contribution in [2.24, 2.45) is 0 Å². The Morgan fingerprint density at radius 1 is 1.73 bits per heavy atom. The van der Waals surface area contributed by atoms with Crippen molar-refractivity contribution in [3.05, 3.63) is 36.0 Å². The lowest BCUT2D eigenvalue weighted by molar-refractivity contribution is -0.131. The summed E-state index contributed by atoms with van der Waals surface area (Å²) in [4.78, 5) is 14.2. The Balaban J connectivity index is 2.51. The summed E-state index contributed by atoms with van der Waals surface area (Å²) < 4.78 is 0. The van der Waals surface area contributed by atoms with Gasteiger partial charge in [0.1, 0.15) is 0 Å². The van der Waals surface area contributed by atoms with Crippen molar-refractivity contribution in [2.45, 2.75) is 5.03 Å². The van der Waals surface area contributed by atoms with Gasteiger partial charge >= 0.3 is 5.97 Å². The van der Waals surface area contributed by atoms with Crippen LogP contribution in [0.5, 0.6) is 0 Å². The van der Waals surface area contributed by atoms with Crippen LogP contribution >= 0.6 is 11.8 Å². The second-order valence-electron chi connectivity index (χ2n) is 2.55. The van der Waals surface area contributed by atoms with Crippen LogP contribution in [0.3, 0.4) is 0 Å². The van der Waals surface area contributed by atoms with Crippen LogP contribution in [0.1, 0.15) is 5.56 Å². The summed E-state index contributed by atoms with van der Waals surface area (Å²) in [7, 11) is 0. The quantitative estimate of drug-likeness (QED) is 0.617. The largest absolute Gasteiger partial charge is 0.478 e. The fraction of sp³-hybridized carbons (Fsp3) is 0.100. The first-order valence-corrected chi connectivity index (χ1v) is 5.09. The number of carbonyl (C=O) groups is 1. The van der Waals surface area contributed by atoms with Crippen LogP contribution in [0.15, 0.2) is 35.5 Å². The van der Waals surface area contributed by atoms with E-state index in [1.54, 1.807) is 18.3 Å². The molecule has 0 saturated carbocycles. The summed E-state index contributed by atoms with van der Waals surface area (Å²) in [6.07, 6.45) is 4.18. The van der Waals surface area contributed by atoms with E-state index in [4.69, 9.17) is 10.4 Å². The molecular weight excluding hydrogens is 212 g/mol. The Morgan fingerprint density at radius 2 is 2.53 bits per heavy atom. The predicted molar refractivity (Wildman–Crippen MR) is 56.5 cm³/mol. The monoisotopic (exact) mass is 220 g/mol. The lowest BCUT2D eigenvalue weighted by Crippen LogP contribution is -1.87. The van der Waals surface area contributed by atoms with E-state index < -0.39 is 5.97 Å². The molecule has 0 aliphatic heterocycles. The maximum Gasteiger partial charge on any atom is 0.328 e. The Morgan fingerprint density at radius 3 is 3.20 bits per heavy atom.